The second kappa shape index (κ2) is 10.8. The minimum atomic E-state index is -1.13. The molecule has 0 spiro atoms. The van der Waals surface area contributed by atoms with Crippen LogP contribution in [0.25, 0.3) is 6.08 Å². The summed E-state index contributed by atoms with van der Waals surface area (Å²) in [5, 5.41) is 16.2. The van der Waals surface area contributed by atoms with Gasteiger partial charge in [-0.25, -0.2) is 9.80 Å². The maximum atomic E-state index is 14.0. The van der Waals surface area contributed by atoms with E-state index in [0.717, 1.165) is 53.0 Å². The number of amides is 1. The second-order valence-corrected chi connectivity index (χ2v) is 10.6. The fourth-order valence-electron chi connectivity index (χ4n) is 5.52. The molecule has 39 heavy (non-hydrogen) atoms. The van der Waals surface area contributed by atoms with Gasteiger partial charge in [0.05, 0.1) is 22.9 Å². The molecule has 1 aliphatic carbocycles. The van der Waals surface area contributed by atoms with Gasteiger partial charge in [0.2, 0.25) is 0 Å². The Kier molecular flexibility index (Phi) is 7.24. The number of carbonyl (C=O) groups is 2. The second-order valence-electron chi connectivity index (χ2n) is 10.6. The van der Waals surface area contributed by atoms with Crippen molar-refractivity contribution in [1.29, 1.82) is 0 Å². The van der Waals surface area contributed by atoms with Crippen molar-refractivity contribution >= 4 is 35.0 Å². The molecule has 1 fully saturated rings. The highest BCUT2D eigenvalue weighted by Gasteiger charge is 2.44. The van der Waals surface area contributed by atoms with Crippen molar-refractivity contribution in [2.24, 2.45) is 11.0 Å². The molecule has 0 unspecified atom stereocenters. The fourth-order valence-corrected chi connectivity index (χ4v) is 5.52. The van der Waals surface area contributed by atoms with E-state index in [9.17, 15) is 14.7 Å². The summed E-state index contributed by atoms with van der Waals surface area (Å²) in [5.41, 5.74) is 6.45. The van der Waals surface area contributed by atoms with Crippen molar-refractivity contribution < 1.29 is 14.7 Å². The lowest BCUT2D eigenvalue weighted by Gasteiger charge is -2.30. The quantitative estimate of drug-likeness (QED) is 0.433. The highest BCUT2D eigenvalue weighted by atomic mass is 16.4. The lowest BCUT2D eigenvalue weighted by molar-refractivity contribution is 0.0646. The van der Waals surface area contributed by atoms with Crippen molar-refractivity contribution in [3.05, 3.63) is 101 Å². The molecule has 7 heteroatoms. The first kappa shape index (κ1) is 26.2. The average Bonchev–Trinajstić information content (AvgIpc) is 3.33. The van der Waals surface area contributed by atoms with Gasteiger partial charge in [0.25, 0.3) is 5.91 Å². The van der Waals surface area contributed by atoms with Gasteiger partial charge < -0.3 is 14.9 Å². The number of anilines is 2. The summed E-state index contributed by atoms with van der Waals surface area (Å²) in [5.74, 6) is -1.50. The molecular formula is C32H34N4O3. The maximum Gasteiger partial charge on any atom is 0.336 e. The van der Waals surface area contributed by atoms with Gasteiger partial charge in [0, 0.05) is 45.5 Å². The number of allylic oxidation sites excluding steroid dienone is 1. The first-order valence-corrected chi connectivity index (χ1v) is 13.2. The molecule has 1 heterocycles. The van der Waals surface area contributed by atoms with Gasteiger partial charge in [-0.1, -0.05) is 36.4 Å². The summed E-state index contributed by atoms with van der Waals surface area (Å²) in [7, 11) is 8.03. The van der Waals surface area contributed by atoms with Gasteiger partial charge in [-0.05, 0) is 78.4 Å². The monoisotopic (exact) mass is 522 g/mol. The number of rotatable bonds is 6. The highest BCUT2D eigenvalue weighted by Crippen LogP contribution is 2.45. The van der Waals surface area contributed by atoms with Crippen molar-refractivity contribution in [1.82, 2.24) is 5.01 Å². The van der Waals surface area contributed by atoms with Crippen LogP contribution in [0.5, 0.6) is 0 Å². The number of nitrogens with zero attached hydrogens (tertiary/aromatic N) is 4. The van der Waals surface area contributed by atoms with Crippen molar-refractivity contribution in [3.8, 4) is 0 Å². The van der Waals surface area contributed by atoms with Crippen molar-refractivity contribution in [2.75, 3.05) is 38.0 Å². The summed E-state index contributed by atoms with van der Waals surface area (Å²) in [6, 6.07) is 22.7. The van der Waals surface area contributed by atoms with Crippen molar-refractivity contribution in [2.45, 2.75) is 25.3 Å². The van der Waals surface area contributed by atoms with Gasteiger partial charge in [0.15, 0.2) is 0 Å². The Bertz CT molecular complexity index is 1440. The van der Waals surface area contributed by atoms with E-state index in [1.165, 1.54) is 11.1 Å². The van der Waals surface area contributed by atoms with E-state index in [2.05, 4.69) is 47.4 Å². The van der Waals surface area contributed by atoms with Crippen LogP contribution in [0, 0.1) is 5.92 Å². The minimum Gasteiger partial charge on any atom is -0.478 e. The molecule has 1 N–H and O–H groups in total. The number of aromatic carboxylic acids is 1. The first-order chi connectivity index (χ1) is 18.7. The van der Waals surface area contributed by atoms with Crippen LogP contribution < -0.4 is 9.80 Å². The number of carboxylic acid groups (broad SMARTS) is 1. The van der Waals surface area contributed by atoms with E-state index in [-0.39, 0.29) is 23.1 Å². The van der Waals surface area contributed by atoms with Gasteiger partial charge in [0.1, 0.15) is 0 Å². The standard InChI is InChI=1S/C32H34N4O3/c1-34(2)24-16-12-21(13-17-24)20-23-8-7-11-28-29(23)33-36(30(28)22-14-18-25(19-15-22)35(3)4)31(37)26-9-5-6-10-27(26)32(38)39/h5-6,9-10,12-20,28,30H,7-8,11H2,1-4H3,(H,38,39)/b23-20+/t28-,30+/m1/s1. The summed E-state index contributed by atoms with van der Waals surface area (Å²) in [6.07, 6.45) is 4.95. The topological polar surface area (TPSA) is 76.4 Å². The van der Waals surface area contributed by atoms with Crippen LogP contribution in [0.4, 0.5) is 11.4 Å². The van der Waals surface area contributed by atoms with E-state index in [1.54, 1.807) is 18.2 Å². The summed E-state index contributed by atoms with van der Waals surface area (Å²) < 4.78 is 0. The Hall–Kier alpha value is -4.39. The van der Waals surface area contributed by atoms with Crippen LogP contribution in [0.1, 0.15) is 57.1 Å². The van der Waals surface area contributed by atoms with E-state index in [0.29, 0.717) is 0 Å². The van der Waals surface area contributed by atoms with Crippen LogP contribution in [-0.4, -0.2) is 55.9 Å². The molecule has 0 aromatic heterocycles. The Morgan fingerprint density at radius 2 is 1.46 bits per heavy atom. The van der Waals surface area contributed by atoms with Gasteiger partial charge in [-0.3, -0.25) is 4.79 Å². The molecule has 1 saturated carbocycles. The molecule has 5 rings (SSSR count). The SMILES string of the molecule is CN(C)c1ccc(/C=C2\CCC[C@@H]3C2=NN(C(=O)c2ccccc2C(=O)O)[C@H]3c2ccc(N(C)C)cc2)cc1. The number of carboxylic acids is 1. The number of benzene rings is 3. The molecule has 2 aliphatic rings. The van der Waals surface area contributed by atoms with E-state index >= 15 is 0 Å². The predicted octanol–water partition coefficient (Wildman–Crippen LogP) is 5.95. The third-order valence-corrected chi connectivity index (χ3v) is 7.60. The summed E-state index contributed by atoms with van der Waals surface area (Å²) in [6.45, 7) is 0. The van der Waals surface area contributed by atoms with E-state index in [4.69, 9.17) is 5.10 Å². The minimum absolute atomic E-state index is 0.0176. The van der Waals surface area contributed by atoms with Gasteiger partial charge in [-0.2, -0.15) is 5.10 Å². The maximum absolute atomic E-state index is 14.0. The average molecular weight is 523 g/mol. The van der Waals surface area contributed by atoms with Crippen LogP contribution >= 0.6 is 0 Å². The summed E-state index contributed by atoms with van der Waals surface area (Å²) >= 11 is 0. The number of hydrogen-bond acceptors (Lipinski definition) is 5. The molecule has 1 amide bonds. The Labute approximate surface area is 229 Å². The molecule has 3 aromatic carbocycles. The third-order valence-electron chi connectivity index (χ3n) is 7.60. The van der Waals surface area contributed by atoms with E-state index < -0.39 is 11.9 Å². The van der Waals surface area contributed by atoms with Crippen LogP contribution in [0.3, 0.4) is 0 Å². The highest BCUT2D eigenvalue weighted by molar-refractivity contribution is 6.10. The molecule has 0 bridgehead atoms. The Morgan fingerprint density at radius 1 is 0.872 bits per heavy atom. The number of fused-ring (bicyclic) bond motifs is 1. The van der Waals surface area contributed by atoms with Crippen LogP contribution in [-0.2, 0) is 0 Å². The molecular weight excluding hydrogens is 488 g/mol. The molecule has 0 radical (unpaired) electrons. The zero-order valence-corrected chi connectivity index (χ0v) is 22.8. The lowest BCUT2D eigenvalue weighted by atomic mass is 9.77. The summed E-state index contributed by atoms with van der Waals surface area (Å²) in [4.78, 5) is 30.0. The molecule has 7 nitrogen and oxygen atoms in total. The molecule has 200 valence electrons. The molecule has 3 aromatic rings. The van der Waals surface area contributed by atoms with Gasteiger partial charge in [-0.15, -0.1) is 0 Å². The smallest absolute Gasteiger partial charge is 0.336 e. The van der Waals surface area contributed by atoms with Crippen LogP contribution in [0.2, 0.25) is 0 Å². The first-order valence-electron chi connectivity index (χ1n) is 13.2. The Morgan fingerprint density at radius 3 is 2.05 bits per heavy atom. The van der Waals surface area contributed by atoms with E-state index in [1.807, 2.05) is 45.2 Å². The van der Waals surface area contributed by atoms with Gasteiger partial charge >= 0.3 is 5.97 Å². The van der Waals surface area contributed by atoms with Crippen LogP contribution in [0.15, 0.2) is 83.5 Å². The molecule has 0 saturated heterocycles. The number of hydrogen-bond donors (Lipinski definition) is 1. The predicted molar refractivity (Wildman–Crippen MR) is 157 cm³/mol. The molecule has 1 aliphatic heterocycles. The lowest BCUT2D eigenvalue weighted by Crippen LogP contribution is -2.32. The number of hydrazone groups is 1. The zero-order valence-electron chi connectivity index (χ0n) is 22.8. The normalized spacial score (nSPS) is 19.4. The fraction of sp³-hybridized carbons (Fsp3) is 0.281. The Balaban J connectivity index is 1.58. The van der Waals surface area contributed by atoms with Crippen molar-refractivity contribution in [3.63, 3.8) is 0 Å². The largest absolute Gasteiger partial charge is 0.478 e. The molecule has 2 atom stereocenters. The zero-order chi connectivity index (χ0) is 27.7. The number of carbonyl (C=O) groups excluding carboxylic acids is 1. The third kappa shape index (κ3) is 5.17.